The number of carbonyl (C=O) groups is 3. The van der Waals surface area contributed by atoms with Crippen LogP contribution in [0.5, 0.6) is 0 Å². The van der Waals surface area contributed by atoms with Gasteiger partial charge in [0.25, 0.3) is 5.91 Å². The maximum Gasteiger partial charge on any atom is 0.257 e. The van der Waals surface area contributed by atoms with Gasteiger partial charge in [-0.1, -0.05) is 0 Å². The number of hydrogen-bond acceptors (Lipinski definition) is 3. The van der Waals surface area contributed by atoms with E-state index in [0.717, 1.165) is 0 Å². The maximum atomic E-state index is 10.6. The third-order valence-corrected chi connectivity index (χ3v) is 1.11. The predicted octanol–water partition coefficient (Wildman–Crippen LogP) is -1.20. The van der Waals surface area contributed by atoms with E-state index >= 15 is 0 Å². The Labute approximate surface area is 57.0 Å². The third-order valence-electron chi connectivity index (χ3n) is 1.11. The average molecular weight is 142 g/mol. The quantitative estimate of drug-likeness (QED) is 0.432. The van der Waals surface area contributed by atoms with Crippen molar-refractivity contribution in [1.82, 2.24) is 10.4 Å². The van der Waals surface area contributed by atoms with Crippen LogP contribution in [0.15, 0.2) is 0 Å². The molecule has 0 bridgehead atoms. The van der Waals surface area contributed by atoms with Gasteiger partial charge in [0.1, 0.15) is 6.42 Å². The zero-order valence-electron chi connectivity index (χ0n) is 5.38. The molecule has 0 aromatic rings. The summed E-state index contributed by atoms with van der Waals surface area (Å²) in [5.41, 5.74) is 2.10. The van der Waals surface area contributed by atoms with Crippen molar-refractivity contribution in [2.45, 2.75) is 13.3 Å². The summed E-state index contributed by atoms with van der Waals surface area (Å²) >= 11 is 0. The topological polar surface area (TPSA) is 66.5 Å². The van der Waals surface area contributed by atoms with Crippen molar-refractivity contribution in [3.05, 3.63) is 0 Å². The van der Waals surface area contributed by atoms with E-state index in [4.69, 9.17) is 0 Å². The normalized spacial score (nSPS) is 17.5. The van der Waals surface area contributed by atoms with E-state index in [1.54, 1.807) is 0 Å². The summed E-state index contributed by atoms with van der Waals surface area (Å²) in [5, 5.41) is 0.711. The molecule has 1 saturated heterocycles. The number of amides is 3. The van der Waals surface area contributed by atoms with E-state index in [1.807, 2.05) is 0 Å². The van der Waals surface area contributed by atoms with Crippen LogP contribution in [0.25, 0.3) is 0 Å². The molecule has 1 heterocycles. The van der Waals surface area contributed by atoms with Gasteiger partial charge in [0.15, 0.2) is 0 Å². The van der Waals surface area contributed by atoms with Gasteiger partial charge in [0.05, 0.1) is 0 Å². The second-order valence-electron chi connectivity index (χ2n) is 1.96. The van der Waals surface area contributed by atoms with Gasteiger partial charge in [-0.25, -0.2) is 0 Å². The predicted molar refractivity (Wildman–Crippen MR) is 30.3 cm³/mol. The van der Waals surface area contributed by atoms with Crippen LogP contribution < -0.4 is 5.43 Å². The number of hydrazine groups is 1. The van der Waals surface area contributed by atoms with Crippen molar-refractivity contribution in [2.75, 3.05) is 0 Å². The van der Waals surface area contributed by atoms with Crippen LogP contribution in [0.2, 0.25) is 0 Å². The van der Waals surface area contributed by atoms with Crippen LogP contribution in [-0.4, -0.2) is 22.7 Å². The first kappa shape index (κ1) is 6.73. The first-order valence-electron chi connectivity index (χ1n) is 2.74. The summed E-state index contributed by atoms with van der Waals surface area (Å²) in [6.45, 7) is 1.21. The van der Waals surface area contributed by atoms with Gasteiger partial charge in [0.2, 0.25) is 11.8 Å². The van der Waals surface area contributed by atoms with Gasteiger partial charge >= 0.3 is 0 Å². The maximum absolute atomic E-state index is 10.6. The van der Waals surface area contributed by atoms with Crippen LogP contribution in [0.4, 0.5) is 0 Å². The van der Waals surface area contributed by atoms with Crippen LogP contribution in [0.1, 0.15) is 13.3 Å². The van der Waals surface area contributed by atoms with Gasteiger partial charge in [-0.2, -0.15) is 5.01 Å². The Balaban J connectivity index is 2.72. The number of hydrogen-bond donors (Lipinski definition) is 1. The molecule has 1 fully saturated rings. The monoisotopic (exact) mass is 142 g/mol. The summed E-state index contributed by atoms with van der Waals surface area (Å²) in [7, 11) is 0. The minimum atomic E-state index is -0.488. The van der Waals surface area contributed by atoms with Crippen LogP contribution >= 0.6 is 0 Å². The van der Waals surface area contributed by atoms with Crippen LogP contribution in [0.3, 0.4) is 0 Å². The zero-order chi connectivity index (χ0) is 7.72. The Bertz CT molecular complexity index is 211. The molecule has 0 radical (unpaired) electrons. The Kier molecular flexibility index (Phi) is 1.41. The Morgan fingerprint density at radius 1 is 1.60 bits per heavy atom. The lowest BCUT2D eigenvalue weighted by atomic mass is 10.4. The summed E-state index contributed by atoms with van der Waals surface area (Å²) in [5.74, 6) is -1.38. The van der Waals surface area contributed by atoms with Crippen molar-refractivity contribution in [1.29, 1.82) is 0 Å². The molecule has 0 unspecified atom stereocenters. The molecule has 0 saturated carbocycles. The highest BCUT2D eigenvalue weighted by Crippen LogP contribution is 1.99. The van der Waals surface area contributed by atoms with Crippen molar-refractivity contribution >= 4 is 17.7 Å². The molecule has 0 spiro atoms. The van der Waals surface area contributed by atoms with E-state index in [9.17, 15) is 14.4 Å². The molecule has 54 valence electrons. The lowest BCUT2D eigenvalue weighted by molar-refractivity contribution is -0.144. The SMILES string of the molecule is CC(=O)N1NC(=O)CC1=O. The molecule has 0 aliphatic carbocycles. The molecular formula is C5H6N2O3. The van der Waals surface area contributed by atoms with Gasteiger partial charge < -0.3 is 0 Å². The summed E-state index contributed by atoms with van der Waals surface area (Å²) < 4.78 is 0. The molecule has 1 rings (SSSR count). The minimum absolute atomic E-state index is 0.223. The second-order valence-corrected chi connectivity index (χ2v) is 1.96. The summed E-state index contributed by atoms with van der Waals surface area (Å²) in [6.07, 6.45) is -0.223. The first-order valence-corrected chi connectivity index (χ1v) is 2.74. The molecule has 0 aromatic heterocycles. The van der Waals surface area contributed by atoms with E-state index in [-0.39, 0.29) is 6.42 Å². The highest BCUT2D eigenvalue weighted by atomic mass is 16.2. The smallest absolute Gasteiger partial charge is 0.257 e. The number of nitrogens with one attached hydrogen (secondary N) is 1. The summed E-state index contributed by atoms with van der Waals surface area (Å²) in [6, 6.07) is 0. The molecule has 5 nitrogen and oxygen atoms in total. The molecule has 1 aliphatic heterocycles. The molecule has 0 aromatic carbocycles. The van der Waals surface area contributed by atoms with Crippen molar-refractivity contribution < 1.29 is 14.4 Å². The fraction of sp³-hybridized carbons (Fsp3) is 0.400. The fourth-order valence-electron chi connectivity index (χ4n) is 0.697. The highest BCUT2D eigenvalue weighted by molar-refractivity contribution is 6.09. The number of imide groups is 1. The Morgan fingerprint density at radius 2 is 2.20 bits per heavy atom. The van der Waals surface area contributed by atoms with E-state index in [1.165, 1.54) is 6.92 Å². The standard InChI is InChI=1S/C5H6N2O3/c1-3(8)7-5(10)2-4(9)6-7/h2H2,1H3,(H,6,9). The van der Waals surface area contributed by atoms with E-state index in [2.05, 4.69) is 5.43 Å². The average Bonchev–Trinajstić information content (AvgIpc) is 2.10. The second kappa shape index (κ2) is 2.09. The number of carbonyl (C=O) groups excluding carboxylic acids is 3. The molecule has 10 heavy (non-hydrogen) atoms. The lowest BCUT2D eigenvalue weighted by Crippen LogP contribution is -2.39. The molecule has 3 amide bonds. The molecule has 1 N–H and O–H groups in total. The number of nitrogens with zero attached hydrogens (tertiary/aromatic N) is 1. The molecular weight excluding hydrogens is 136 g/mol. The van der Waals surface area contributed by atoms with Gasteiger partial charge in [0, 0.05) is 6.92 Å². The third kappa shape index (κ3) is 0.975. The molecule has 0 atom stereocenters. The minimum Gasteiger partial charge on any atom is -0.273 e. The lowest BCUT2D eigenvalue weighted by Gasteiger charge is -2.08. The number of rotatable bonds is 0. The zero-order valence-corrected chi connectivity index (χ0v) is 5.38. The van der Waals surface area contributed by atoms with Crippen LogP contribution in [-0.2, 0) is 14.4 Å². The van der Waals surface area contributed by atoms with Crippen molar-refractivity contribution in [3.63, 3.8) is 0 Å². The van der Waals surface area contributed by atoms with Gasteiger partial charge in [-0.3, -0.25) is 19.8 Å². The Hall–Kier alpha value is -1.39. The van der Waals surface area contributed by atoms with E-state index < -0.39 is 17.7 Å². The molecule has 5 heteroatoms. The highest BCUT2D eigenvalue weighted by Gasteiger charge is 2.29. The van der Waals surface area contributed by atoms with Crippen molar-refractivity contribution in [2.24, 2.45) is 0 Å². The van der Waals surface area contributed by atoms with E-state index in [0.29, 0.717) is 5.01 Å². The van der Waals surface area contributed by atoms with Gasteiger partial charge in [-0.05, 0) is 0 Å². The van der Waals surface area contributed by atoms with Crippen molar-refractivity contribution in [3.8, 4) is 0 Å². The van der Waals surface area contributed by atoms with Gasteiger partial charge in [-0.15, -0.1) is 0 Å². The molecule has 1 aliphatic rings. The first-order chi connectivity index (χ1) is 4.61. The largest absolute Gasteiger partial charge is 0.273 e. The van der Waals surface area contributed by atoms with Crippen LogP contribution in [0, 0.1) is 0 Å². The Morgan fingerprint density at radius 3 is 2.40 bits per heavy atom. The fourth-order valence-corrected chi connectivity index (χ4v) is 0.697. The summed E-state index contributed by atoms with van der Waals surface area (Å²) in [4.78, 5) is 31.6.